The molecule has 132 valence electrons. The van der Waals surface area contributed by atoms with E-state index in [4.69, 9.17) is 0 Å². The van der Waals surface area contributed by atoms with E-state index in [1.807, 2.05) is 55.5 Å². The van der Waals surface area contributed by atoms with Crippen LogP contribution in [0.1, 0.15) is 17.5 Å². The number of carbonyl (C=O) groups excluding carboxylic acids is 1. The van der Waals surface area contributed by atoms with Crippen molar-refractivity contribution in [3.63, 3.8) is 0 Å². The number of nitrogens with zero attached hydrogens (tertiary/aromatic N) is 4. The zero-order chi connectivity index (χ0) is 18.4. The largest absolute Gasteiger partial charge is 0.282 e. The molecule has 5 nitrogen and oxygen atoms in total. The molecular weight excluding hydrogens is 364 g/mol. The van der Waals surface area contributed by atoms with Crippen LogP contribution in [0.4, 0.5) is 5.13 Å². The molecule has 1 aliphatic rings. The van der Waals surface area contributed by atoms with Gasteiger partial charge in [0, 0.05) is 6.54 Å². The molecule has 0 aliphatic carbocycles. The van der Waals surface area contributed by atoms with Gasteiger partial charge in [-0.15, -0.1) is 16.8 Å². The van der Waals surface area contributed by atoms with Crippen LogP contribution in [-0.4, -0.2) is 32.7 Å². The minimum absolute atomic E-state index is 0.0772. The average Bonchev–Trinajstić information content (AvgIpc) is 3.23. The smallest absolute Gasteiger partial charge is 0.267 e. The molecule has 1 saturated heterocycles. The van der Waals surface area contributed by atoms with Crippen molar-refractivity contribution in [3.8, 4) is 0 Å². The van der Waals surface area contributed by atoms with Crippen molar-refractivity contribution < 1.29 is 4.79 Å². The van der Waals surface area contributed by atoms with Crippen LogP contribution < -0.4 is 0 Å². The predicted molar refractivity (Wildman–Crippen MR) is 109 cm³/mol. The van der Waals surface area contributed by atoms with E-state index < -0.39 is 0 Å². The molecule has 1 amide bonds. The number of aryl methyl sites for hydroxylation is 1. The van der Waals surface area contributed by atoms with Crippen LogP contribution in [0.15, 0.2) is 65.0 Å². The Labute approximate surface area is 160 Å². The van der Waals surface area contributed by atoms with E-state index in [1.54, 1.807) is 11.0 Å². The maximum Gasteiger partial charge on any atom is 0.267 e. The molecule has 2 aromatic rings. The second-order valence-corrected chi connectivity index (χ2v) is 7.38. The van der Waals surface area contributed by atoms with Gasteiger partial charge < -0.3 is 0 Å². The summed E-state index contributed by atoms with van der Waals surface area (Å²) in [6.07, 6.45) is 8.17. The molecule has 0 N–H and O–H groups in total. The van der Waals surface area contributed by atoms with Crippen molar-refractivity contribution in [2.24, 2.45) is 4.99 Å². The first-order chi connectivity index (χ1) is 12.7. The lowest BCUT2D eigenvalue weighted by molar-refractivity contribution is -0.121. The number of hydrogen-bond donors (Lipinski definition) is 0. The van der Waals surface area contributed by atoms with Crippen LogP contribution in [0.2, 0.25) is 0 Å². The second-order valence-electron chi connectivity index (χ2n) is 5.33. The number of aromatic nitrogens is 2. The van der Waals surface area contributed by atoms with Gasteiger partial charge in [-0.05, 0) is 29.8 Å². The van der Waals surface area contributed by atoms with E-state index >= 15 is 0 Å². The highest BCUT2D eigenvalue weighted by Crippen LogP contribution is 2.33. The SMILES string of the molecule is C=CCN1C(=O)C(=CC=Cc2ccccc2)SC1=Nc1nnc(CC)s1. The fourth-order valence-electron chi connectivity index (χ4n) is 2.22. The summed E-state index contributed by atoms with van der Waals surface area (Å²) >= 11 is 2.78. The Morgan fingerprint density at radius 2 is 2.08 bits per heavy atom. The molecule has 0 bridgehead atoms. The topological polar surface area (TPSA) is 58.5 Å². The van der Waals surface area contributed by atoms with Gasteiger partial charge in [0.15, 0.2) is 5.17 Å². The molecule has 0 saturated carbocycles. The van der Waals surface area contributed by atoms with Gasteiger partial charge in [-0.3, -0.25) is 9.69 Å². The zero-order valence-electron chi connectivity index (χ0n) is 14.3. The minimum atomic E-state index is -0.0772. The van der Waals surface area contributed by atoms with Gasteiger partial charge in [-0.1, -0.05) is 66.8 Å². The first-order valence-electron chi connectivity index (χ1n) is 8.16. The van der Waals surface area contributed by atoms with E-state index in [0.717, 1.165) is 17.0 Å². The van der Waals surface area contributed by atoms with Gasteiger partial charge in [0.2, 0.25) is 5.13 Å². The van der Waals surface area contributed by atoms with Gasteiger partial charge in [-0.2, -0.15) is 4.99 Å². The lowest BCUT2D eigenvalue weighted by Gasteiger charge is -2.11. The molecule has 7 heteroatoms. The van der Waals surface area contributed by atoms with Gasteiger partial charge in [0.1, 0.15) is 5.01 Å². The second kappa shape index (κ2) is 8.73. The van der Waals surface area contributed by atoms with Crippen molar-refractivity contribution in [2.75, 3.05) is 6.54 Å². The number of rotatable bonds is 6. The first kappa shape index (κ1) is 18.3. The zero-order valence-corrected chi connectivity index (χ0v) is 16.0. The molecule has 0 unspecified atom stereocenters. The van der Waals surface area contributed by atoms with Crippen LogP contribution in [0.25, 0.3) is 6.08 Å². The molecule has 0 spiro atoms. The maximum absolute atomic E-state index is 12.6. The summed E-state index contributed by atoms with van der Waals surface area (Å²) in [4.78, 5) is 19.4. The van der Waals surface area contributed by atoms with Crippen molar-refractivity contribution in [2.45, 2.75) is 13.3 Å². The molecule has 1 fully saturated rings. The Kier molecular flexibility index (Phi) is 6.14. The van der Waals surface area contributed by atoms with Gasteiger partial charge >= 0.3 is 0 Å². The summed E-state index contributed by atoms with van der Waals surface area (Å²) in [7, 11) is 0. The quantitative estimate of drug-likeness (QED) is 0.547. The molecule has 0 atom stereocenters. The maximum atomic E-state index is 12.6. The molecular formula is C19H18N4OS2. The van der Waals surface area contributed by atoms with Crippen molar-refractivity contribution in [1.29, 1.82) is 0 Å². The summed E-state index contributed by atoms with van der Waals surface area (Å²) in [6.45, 7) is 6.16. The standard InChI is InChI=1S/C19H18N4OS2/c1-3-13-23-17(24)15(12-8-11-14-9-6-5-7-10-14)25-19(23)20-18-22-21-16(4-2)26-18/h3,5-12H,1,4,13H2,2H3. The highest BCUT2D eigenvalue weighted by molar-refractivity contribution is 8.18. The van der Waals surface area contributed by atoms with Crippen LogP contribution in [0, 0.1) is 0 Å². The Morgan fingerprint density at radius 1 is 1.27 bits per heavy atom. The van der Waals surface area contributed by atoms with E-state index in [-0.39, 0.29) is 5.91 Å². The molecule has 1 aromatic carbocycles. The fraction of sp³-hybridized carbons (Fsp3) is 0.158. The Morgan fingerprint density at radius 3 is 2.77 bits per heavy atom. The number of allylic oxidation sites excluding steroid dienone is 2. The van der Waals surface area contributed by atoms with Crippen LogP contribution in [0.5, 0.6) is 0 Å². The van der Waals surface area contributed by atoms with E-state index in [0.29, 0.717) is 21.7 Å². The first-order valence-corrected chi connectivity index (χ1v) is 9.79. The summed E-state index contributed by atoms with van der Waals surface area (Å²) in [6, 6.07) is 9.95. The van der Waals surface area contributed by atoms with E-state index in [1.165, 1.54) is 23.1 Å². The third-order valence-electron chi connectivity index (χ3n) is 3.49. The molecule has 26 heavy (non-hydrogen) atoms. The highest BCUT2D eigenvalue weighted by atomic mass is 32.2. The Hall–Kier alpha value is -2.51. The number of amidine groups is 1. The number of hydrogen-bond acceptors (Lipinski definition) is 6. The lowest BCUT2D eigenvalue weighted by Crippen LogP contribution is -2.29. The molecule has 1 aromatic heterocycles. The van der Waals surface area contributed by atoms with Crippen molar-refractivity contribution in [1.82, 2.24) is 15.1 Å². The third-order valence-corrected chi connectivity index (χ3v) is 5.47. The van der Waals surface area contributed by atoms with E-state index in [9.17, 15) is 4.79 Å². The molecule has 2 heterocycles. The minimum Gasteiger partial charge on any atom is -0.282 e. The Balaban J connectivity index is 1.82. The van der Waals surface area contributed by atoms with Crippen LogP contribution in [0.3, 0.4) is 0 Å². The normalized spacial score (nSPS) is 17.7. The number of benzene rings is 1. The van der Waals surface area contributed by atoms with Gasteiger partial charge in [0.05, 0.1) is 4.91 Å². The molecule has 3 rings (SSSR count). The van der Waals surface area contributed by atoms with Crippen LogP contribution in [-0.2, 0) is 11.2 Å². The van der Waals surface area contributed by atoms with Crippen LogP contribution >= 0.6 is 23.1 Å². The Bertz CT molecular complexity index is 884. The molecule has 0 radical (unpaired) electrons. The predicted octanol–water partition coefficient (Wildman–Crippen LogP) is 4.45. The average molecular weight is 383 g/mol. The van der Waals surface area contributed by atoms with E-state index in [2.05, 4.69) is 21.8 Å². The lowest BCUT2D eigenvalue weighted by atomic mass is 10.2. The number of thioether (sulfide) groups is 1. The van der Waals surface area contributed by atoms with Gasteiger partial charge in [-0.25, -0.2) is 0 Å². The highest BCUT2D eigenvalue weighted by Gasteiger charge is 2.32. The van der Waals surface area contributed by atoms with Crippen molar-refractivity contribution >= 4 is 45.4 Å². The summed E-state index contributed by atoms with van der Waals surface area (Å²) in [5.74, 6) is -0.0772. The number of aliphatic imine (C=N–C) groups is 1. The third kappa shape index (κ3) is 4.36. The number of amides is 1. The summed E-state index contributed by atoms with van der Waals surface area (Å²) in [5, 5.41) is 10.2. The van der Waals surface area contributed by atoms with Crippen molar-refractivity contribution in [3.05, 3.63) is 70.6 Å². The monoisotopic (exact) mass is 382 g/mol. The van der Waals surface area contributed by atoms with Gasteiger partial charge in [0.25, 0.3) is 5.91 Å². The molecule has 1 aliphatic heterocycles. The summed E-state index contributed by atoms with van der Waals surface area (Å²) < 4.78 is 0. The summed E-state index contributed by atoms with van der Waals surface area (Å²) in [5.41, 5.74) is 1.08. The number of carbonyl (C=O) groups is 1. The fourth-order valence-corrected chi connectivity index (χ4v) is 3.87.